The number of oxime groups is 2. The fourth-order valence-electron chi connectivity index (χ4n) is 4.41. The van der Waals surface area contributed by atoms with Gasteiger partial charge >= 0.3 is 0 Å². The monoisotopic (exact) mass is 780 g/mol. The Labute approximate surface area is 317 Å². The number of nitrogens with zero attached hydrogens (tertiary/aromatic N) is 9. The number of nitro groups is 1. The van der Waals surface area contributed by atoms with E-state index in [9.17, 15) is 10.1 Å². The predicted octanol–water partition coefficient (Wildman–Crippen LogP) is 7.90. The topological polar surface area (TPSA) is 174 Å². The number of non-ortho nitro benzene ring substituents is 1. The number of hydrogen-bond donors (Lipinski definition) is 1. The Morgan fingerprint density at radius 2 is 1.13 bits per heavy atom. The standard InChI is InChI=1S/C17H13Cl2N5O3.C17H15Cl2N5O/c18-13-3-6-15(16(19)7-13)17(8-23-11-20-10-21-23)22-27-9-12-1-4-14(5-2-12)24(25)26;18-13-3-6-15(16(19)7-13)17(8-24-11-21-10-22-24)23-25-9-12-1-4-14(20)5-2-12/h1-7,10-11H,8-9H2;1-7,10-11H,8-9,20H2. The summed E-state index contributed by atoms with van der Waals surface area (Å²) in [4.78, 5) is 29.0. The lowest BCUT2D eigenvalue weighted by molar-refractivity contribution is -0.384. The summed E-state index contributed by atoms with van der Waals surface area (Å²) in [6, 6.07) is 23.7. The van der Waals surface area contributed by atoms with Crippen LogP contribution in [0.15, 0.2) is 121 Å². The van der Waals surface area contributed by atoms with Crippen LogP contribution in [0.1, 0.15) is 22.3 Å². The van der Waals surface area contributed by atoms with Crippen LogP contribution in [-0.2, 0) is 36.0 Å². The van der Waals surface area contributed by atoms with Crippen molar-refractivity contribution in [2.45, 2.75) is 26.3 Å². The molecule has 6 aromatic rings. The van der Waals surface area contributed by atoms with Gasteiger partial charge in [0, 0.05) is 39.0 Å². The van der Waals surface area contributed by atoms with Crippen LogP contribution < -0.4 is 5.73 Å². The number of halogens is 4. The highest BCUT2D eigenvalue weighted by Gasteiger charge is 2.13. The second-order valence-electron chi connectivity index (χ2n) is 10.7. The van der Waals surface area contributed by atoms with E-state index in [0.29, 0.717) is 62.5 Å². The molecule has 0 aliphatic rings. The van der Waals surface area contributed by atoms with Gasteiger partial charge in [0.05, 0.1) is 28.1 Å². The van der Waals surface area contributed by atoms with E-state index in [2.05, 4.69) is 30.5 Å². The van der Waals surface area contributed by atoms with E-state index in [1.165, 1.54) is 24.8 Å². The van der Waals surface area contributed by atoms with Gasteiger partial charge in [-0.05, 0) is 71.8 Å². The van der Waals surface area contributed by atoms with Crippen LogP contribution in [0.5, 0.6) is 0 Å². The molecule has 2 heterocycles. The second-order valence-corrected chi connectivity index (χ2v) is 12.4. The molecule has 18 heteroatoms. The van der Waals surface area contributed by atoms with Gasteiger partial charge in [-0.2, -0.15) is 10.2 Å². The first-order valence-corrected chi connectivity index (χ1v) is 16.7. The average molecular weight is 782 g/mol. The normalized spacial score (nSPS) is 11.5. The summed E-state index contributed by atoms with van der Waals surface area (Å²) in [7, 11) is 0. The van der Waals surface area contributed by atoms with Gasteiger partial charge in [0.15, 0.2) is 0 Å². The molecule has 0 fully saturated rings. The first kappa shape index (κ1) is 37.7. The fourth-order valence-corrected chi connectivity index (χ4v) is 5.44. The molecule has 0 aliphatic heterocycles. The first-order chi connectivity index (χ1) is 25.1. The number of aromatic nitrogens is 6. The molecule has 52 heavy (non-hydrogen) atoms. The molecule has 0 amide bonds. The van der Waals surface area contributed by atoms with Crippen LogP contribution in [-0.4, -0.2) is 45.9 Å². The minimum atomic E-state index is -0.457. The van der Waals surface area contributed by atoms with E-state index in [4.69, 9.17) is 61.8 Å². The molecular weight excluding hydrogens is 754 g/mol. The van der Waals surface area contributed by atoms with Crippen LogP contribution in [0.25, 0.3) is 0 Å². The maximum Gasteiger partial charge on any atom is 0.269 e. The number of hydrogen-bond acceptors (Lipinski definition) is 11. The van der Waals surface area contributed by atoms with E-state index in [1.54, 1.807) is 70.5 Å². The molecule has 6 rings (SSSR count). The number of nitro benzene ring substituents is 1. The third-order valence-corrected chi connectivity index (χ3v) is 8.08. The lowest BCUT2D eigenvalue weighted by atomic mass is 10.1. The van der Waals surface area contributed by atoms with Gasteiger partial charge in [0.25, 0.3) is 5.69 Å². The molecule has 4 aromatic carbocycles. The smallest absolute Gasteiger partial charge is 0.269 e. The third kappa shape index (κ3) is 11.2. The van der Waals surface area contributed by atoms with Crippen molar-refractivity contribution in [3.05, 3.63) is 163 Å². The molecule has 0 aliphatic carbocycles. The van der Waals surface area contributed by atoms with E-state index in [0.717, 1.165) is 16.7 Å². The number of nitrogens with two attached hydrogens (primary N) is 1. The van der Waals surface area contributed by atoms with E-state index >= 15 is 0 Å². The summed E-state index contributed by atoms with van der Waals surface area (Å²) in [5.74, 6) is 0. The Kier molecular flexibility index (Phi) is 13.5. The second kappa shape index (κ2) is 18.6. The van der Waals surface area contributed by atoms with Crippen LogP contribution in [0, 0.1) is 10.1 Å². The fraction of sp³-hybridized carbons (Fsp3) is 0.118. The summed E-state index contributed by atoms with van der Waals surface area (Å²) >= 11 is 24.5. The molecule has 2 aromatic heterocycles. The zero-order valence-electron chi connectivity index (χ0n) is 27.0. The highest BCUT2D eigenvalue weighted by molar-refractivity contribution is 6.37. The number of nitrogen functional groups attached to an aromatic ring is 1. The van der Waals surface area contributed by atoms with Gasteiger partial charge in [-0.25, -0.2) is 19.3 Å². The van der Waals surface area contributed by atoms with Crippen LogP contribution in [0.4, 0.5) is 11.4 Å². The van der Waals surface area contributed by atoms with Crippen molar-refractivity contribution in [2.24, 2.45) is 10.3 Å². The predicted molar refractivity (Wildman–Crippen MR) is 200 cm³/mol. The Morgan fingerprint density at radius 3 is 1.52 bits per heavy atom. The summed E-state index contributed by atoms with van der Waals surface area (Å²) in [6.07, 6.45) is 6.02. The maximum absolute atomic E-state index is 10.7. The molecule has 0 spiro atoms. The van der Waals surface area contributed by atoms with Crippen molar-refractivity contribution >= 4 is 69.2 Å². The van der Waals surface area contributed by atoms with Crippen molar-refractivity contribution < 1.29 is 14.6 Å². The minimum absolute atomic E-state index is 0.0158. The third-order valence-electron chi connectivity index (χ3n) is 6.98. The summed E-state index contributed by atoms with van der Waals surface area (Å²) in [5.41, 5.74) is 10.6. The molecule has 0 bridgehead atoms. The van der Waals surface area contributed by atoms with Gasteiger partial charge in [0.2, 0.25) is 0 Å². The Balaban J connectivity index is 0.000000202. The van der Waals surface area contributed by atoms with Gasteiger partial charge < -0.3 is 15.4 Å². The molecule has 0 saturated heterocycles. The quantitative estimate of drug-likeness (QED) is 0.0529. The van der Waals surface area contributed by atoms with Crippen molar-refractivity contribution in [3.63, 3.8) is 0 Å². The largest absolute Gasteiger partial charge is 0.399 e. The van der Waals surface area contributed by atoms with Gasteiger partial charge in [-0.1, -0.05) is 68.8 Å². The minimum Gasteiger partial charge on any atom is -0.399 e. The summed E-state index contributed by atoms with van der Waals surface area (Å²) < 4.78 is 3.22. The molecule has 266 valence electrons. The maximum atomic E-state index is 10.7. The summed E-state index contributed by atoms with van der Waals surface area (Å²) in [5, 5.41) is 29.3. The van der Waals surface area contributed by atoms with Crippen molar-refractivity contribution in [1.82, 2.24) is 29.5 Å². The molecule has 0 radical (unpaired) electrons. The molecule has 2 N–H and O–H groups in total. The molecular formula is C34H28Cl4N10O4. The molecule has 0 saturated carbocycles. The first-order valence-electron chi connectivity index (χ1n) is 15.2. The number of benzene rings is 4. The molecule has 0 atom stereocenters. The number of anilines is 1. The summed E-state index contributed by atoms with van der Waals surface area (Å²) in [6.45, 7) is 1.11. The van der Waals surface area contributed by atoms with E-state index < -0.39 is 4.92 Å². The van der Waals surface area contributed by atoms with Gasteiger partial charge in [0.1, 0.15) is 49.9 Å². The van der Waals surface area contributed by atoms with E-state index in [-0.39, 0.29) is 12.3 Å². The van der Waals surface area contributed by atoms with Crippen LogP contribution in [0.3, 0.4) is 0 Å². The van der Waals surface area contributed by atoms with Gasteiger partial charge in [-0.3, -0.25) is 10.1 Å². The van der Waals surface area contributed by atoms with E-state index in [1.807, 2.05) is 24.3 Å². The van der Waals surface area contributed by atoms with Crippen molar-refractivity contribution in [1.29, 1.82) is 0 Å². The lowest BCUT2D eigenvalue weighted by Gasteiger charge is -2.09. The number of rotatable bonds is 13. The SMILES string of the molecule is Nc1ccc(CON=C(Cn2cncn2)c2ccc(Cl)cc2Cl)cc1.O=[N+]([O-])c1ccc(CON=C(Cn2cncn2)c2ccc(Cl)cc2Cl)cc1. The Hall–Kier alpha value is -5.54. The van der Waals surface area contributed by atoms with Crippen molar-refractivity contribution in [2.75, 3.05) is 5.73 Å². The van der Waals surface area contributed by atoms with Crippen LogP contribution in [0.2, 0.25) is 20.1 Å². The van der Waals surface area contributed by atoms with Gasteiger partial charge in [-0.15, -0.1) is 0 Å². The zero-order valence-corrected chi connectivity index (χ0v) is 30.0. The molecule has 0 unspecified atom stereocenters. The molecule has 14 nitrogen and oxygen atoms in total. The zero-order chi connectivity index (χ0) is 36.9. The lowest BCUT2D eigenvalue weighted by Crippen LogP contribution is -2.13. The Morgan fingerprint density at radius 1 is 0.692 bits per heavy atom. The van der Waals surface area contributed by atoms with Crippen molar-refractivity contribution in [3.8, 4) is 0 Å². The highest BCUT2D eigenvalue weighted by atomic mass is 35.5. The van der Waals surface area contributed by atoms with Crippen LogP contribution >= 0.6 is 46.4 Å². The average Bonchev–Trinajstić information content (AvgIpc) is 3.84. The highest BCUT2D eigenvalue weighted by Crippen LogP contribution is 2.24. The Bertz CT molecular complexity index is 2130.